The molecule has 0 aliphatic carbocycles. The predicted octanol–water partition coefficient (Wildman–Crippen LogP) is 2.57. The summed E-state index contributed by atoms with van der Waals surface area (Å²) < 4.78 is 43.6. The Hall–Kier alpha value is -2.99. The summed E-state index contributed by atoms with van der Waals surface area (Å²) >= 11 is 1.22. The molecule has 0 N–H and O–H groups in total. The summed E-state index contributed by atoms with van der Waals surface area (Å²) in [5.41, 5.74) is -0.754. The molecule has 0 bridgehead atoms. The zero-order chi connectivity index (χ0) is 21.9. The molecule has 0 unspecified atom stereocenters. The van der Waals surface area contributed by atoms with Gasteiger partial charge in [0.2, 0.25) is 0 Å². The van der Waals surface area contributed by atoms with Gasteiger partial charge in [0.15, 0.2) is 10.8 Å². The molecule has 0 spiro atoms. The van der Waals surface area contributed by atoms with E-state index in [4.69, 9.17) is 0 Å². The van der Waals surface area contributed by atoms with E-state index in [1.54, 1.807) is 6.92 Å². The quantitative estimate of drug-likeness (QED) is 0.469. The number of halogens is 3. The van der Waals surface area contributed by atoms with Gasteiger partial charge in [0.1, 0.15) is 22.2 Å². The van der Waals surface area contributed by atoms with Crippen LogP contribution in [-0.2, 0) is 6.18 Å². The van der Waals surface area contributed by atoms with Crippen LogP contribution in [0.1, 0.15) is 11.3 Å². The largest absolute Gasteiger partial charge is 0.420 e. The molecule has 1 fully saturated rings. The molecule has 0 radical (unpaired) electrons. The van der Waals surface area contributed by atoms with Crippen LogP contribution in [0.4, 0.5) is 18.3 Å². The van der Waals surface area contributed by atoms with E-state index in [-0.39, 0.29) is 11.3 Å². The van der Waals surface area contributed by atoms with Gasteiger partial charge in [0, 0.05) is 38.6 Å². The van der Waals surface area contributed by atoms with Crippen molar-refractivity contribution >= 4 is 32.5 Å². The highest BCUT2D eigenvalue weighted by Gasteiger charge is 2.35. The van der Waals surface area contributed by atoms with E-state index in [1.807, 2.05) is 7.05 Å². The number of pyridine rings is 1. The van der Waals surface area contributed by atoms with Crippen molar-refractivity contribution in [1.29, 1.82) is 0 Å². The van der Waals surface area contributed by atoms with Crippen molar-refractivity contribution in [2.24, 2.45) is 0 Å². The van der Waals surface area contributed by atoms with E-state index in [0.29, 0.717) is 21.2 Å². The lowest BCUT2D eigenvalue weighted by atomic mass is 10.2. The number of hydrogen-bond donors (Lipinski definition) is 0. The molecular weight excluding hydrogens is 431 g/mol. The lowest BCUT2D eigenvalue weighted by Crippen LogP contribution is -2.44. The lowest BCUT2D eigenvalue weighted by Gasteiger charge is -2.31. The van der Waals surface area contributed by atoms with Crippen molar-refractivity contribution in [2.75, 3.05) is 38.1 Å². The Morgan fingerprint density at radius 2 is 1.84 bits per heavy atom. The molecule has 162 valence electrons. The summed E-state index contributed by atoms with van der Waals surface area (Å²) in [7, 11) is 2.05. The number of aryl methyl sites for hydroxylation is 1. The van der Waals surface area contributed by atoms with E-state index in [2.05, 4.69) is 24.8 Å². The van der Waals surface area contributed by atoms with Gasteiger partial charge in [0.25, 0.3) is 5.56 Å². The number of thiazole rings is 1. The second-order valence-corrected chi connectivity index (χ2v) is 8.56. The monoisotopic (exact) mass is 449 g/mol. The minimum Gasteiger partial charge on any atom is -0.345 e. The van der Waals surface area contributed by atoms with Gasteiger partial charge in [-0.05, 0) is 20.0 Å². The third kappa shape index (κ3) is 3.45. The first-order valence-electron chi connectivity index (χ1n) is 9.59. The minimum atomic E-state index is -4.62. The number of rotatable bonds is 2. The molecule has 31 heavy (non-hydrogen) atoms. The second kappa shape index (κ2) is 7.02. The Bertz CT molecular complexity index is 1350. The second-order valence-electron chi connectivity index (χ2n) is 7.58. The van der Waals surface area contributed by atoms with Gasteiger partial charge in [-0.3, -0.25) is 9.36 Å². The fourth-order valence-corrected chi connectivity index (χ4v) is 4.67. The number of alkyl halides is 3. The van der Waals surface area contributed by atoms with Crippen LogP contribution in [0.2, 0.25) is 0 Å². The Balaban J connectivity index is 1.63. The molecule has 1 saturated heterocycles. The van der Waals surface area contributed by atoms with Gasteiger partial charge in [-0.25, -0.2) is 9.97 Å². The normalized spacial score (nSPS) is 16.0. The van der Waals surface area contributed by atoms with Gasteiger partial charge < -0.3 is 14.2 Å². The number of anilines is 1. The Kier molecular flexibility index (Phi) is 4.52. The summed E-state index contributed by atoms with van der Waals surface area (Å²) in [5, 5.41) is 0.696. The molecule has 4 aromatic rings. The lowest BCUT2D eigenvalue weighted by molar-refractivity contribution is -0.136. The highest BCUT2D eigenvalue weighted by atomic mass is 32.1. The van der Waals surface area contributed by atoms with E-state index in [9.17, 15) is 18.0 Å². The summed E-state index contributed by atoms with van der Waals surface area (Å²) in [6, 6.07) is 0.930. The van der Waals surface area contributed by atoms with Gasteiger partial charge in [0.05, 0.1) is 11.4 Å². The first-order chi connectivity index (χ1) is 14.7. The summed E-state index contributed by atoms with van der Waals surface area (Å²) in [6.07, 6.45) is -0.455. The van der Waals surface area contributed by atoms with Crippen LogP contribution in [-0.4, -0.2) is 62.0 Å². The highest BCUT2D eigenvalue weighted by molar-refractivity contribution is 7.22. The SMILES string of the molecule is Cc1cn2cc(-n3cnc4nc(N5CCN(C)CC5)sc4c3=O)cc(C(F)(F)F)c2n1. The van der Waals surface area contributed by atoms with Crippen molar-refractivity contribution < 1.29 is 13.2 Å². The molecule has 4 aromatic heterocycles. The summed E-state index contributed by atoms with van der Waals surface area (Å²) in [4.78, 5) is 30.1. The number of nitrogens with zero attached hydrogens (tertiary/aromatic N) is 7. The average Bonchev–Trinajstić information content (AvgIpc) is 3.30. The third-order valence-electron chi connectivity index (χ3n) is 5.32. The first-order valence-corrected chi connectivity index (χ1v) is 10.4. The van der Waals surface area contributed by atoms with Crippen LogP contribution < -0.4 is 10.5 Å². The number of fused-ring (bicyclic) bond motifs is 2. The van der Waals surface area contributed by atoms with Crippen LogP contribution in [0.15, 0.2) is 29.6 Å². The first kappa shape index (κ1) is 19.9. The maximum Gasteiger partial charge on any atom is 0.420 e. The van der Waals surface area contributed by atoms with E-state index >= 15 is 0 Å². The molecule has 0 atom stereocenters. The van der Waals surface area contributed by atoms with Crippen LogP contribution in [0.3, 0.4) is 0 Å². The summed E-state index contributed by atoms with van der Waals surface area (Å²) in [5.74, 6) is 0. The smallest absolute Gasteiger partial charge is 0.345 e. The van der Waals surface area contributed by atoms with Crippen LogP contribution >= 0.6 is 11.3 Å². The average molecular weight is 449 g/mol. The Morgan fingerprint density at radius 3 is 2.55 bits per heavy atom. The maximum atomic E-state index is 13.6. The number of hydrogen-bond acceptors (Lipinski definition) is 7. The van der Waals surface area contributed by atoms with Gasteiger partial charge >= 0.3 is 6.18 Å². The summed E-state index contributed by atoms with van der Waals surface area (Å²) in [6.45, 7) is 4.96. The molecular formula is C19H18F3N7OS. The van der Waals surface area contributed by atoms with E-state index in [0.717, 1.165) is 36.8 Å². The van der Waals surface area contributed by atoms with Crippen LogP contribution in [0, 0.1) is 6.92 Å². The zero-order valence-electron chi connectivity index (χ0n) is 16.7. The number of imidazole rings is 1. The molecule has 0 amide bonds. The van der Waals surface area contributed by atoms with E-state index < -0.39 is 17.3 Å². The van der Waals surface area contributed by atoms with Crippen molar-refractivity contribution in [1.82, 2.24) is 28.8 Å². The fraction of sp³-hybridized carbons (Fsp3) is 0.368. The van der Waals surface area contributed by atoms with Gasteiger partial charge in [-0.1, -0.05) is 11.3 Å². The third-order valence-corrected chi connectivity index (χ3v) is 6.41. The molecule has 0 aromatic carbocycles. The topological polar surface area (TPSA) is 71.6 Å². The number of piperazine rings is 1. The number of likely N-dealkylation sites (N-methyl/N-ethyl adjacent to an activating group) is 1. The predicted molar refractivity (Wildman–Crippen MR) is 111 cm³/mol. The van der Waals surface area contributed by atoms with Crippen molar-refractivity contribution in [3.05, 3.63) is 46.4 Å². The van der Waals surface area contributed by atoms with Gasteiger partial charge in [-0.15, -0.1) is 0 Å². The standard InChI is InChI=1S/C19H18F3N7OS/c1-11-8-28-9-12(7-13(16(28)24-11)19(20,21)22)29-10-23-15-14(17(29)30)31-18(25-15)27-5-3-26(2)4-6-27/h7-10H,3-6H2,1-2H3. The molecule has 12 heteroatoms. The molecule has 8 nitrogen and oxygen atoms in total. The molecule has 1 aliphatic heterocycles. The Morgan fingerprint density at radius 1 is 1.10 bits per heavy atom. The van der Waals surface area contributed by atoms with Gasteiger partial charge in [-0.2, -0.15) is 18.2 Å². The highest BCUT2D eigenvalue weighted by Crippen LogP contribution is 2.34. The molecule has 0 saturated carbocycles. The minimum absolute atomic E-state index is 0.0613. The van der Waals surface area contributed by atoms with E-state index in [1.165, 1.54) is 34.5 Å². The molecule has 5 heterocycles. The van der Waals surface area contributed by atoms with Crippen molar-refractivity contribution in [2.45, 2.75) is 13.1 Å². The van der Waals surface area contributed by atoms with Crippen molar-refractivity contribution in [3.8, 4) is 5.69 Å². The van der Waals surface area contributed by atoms with Crippen molar-refractivity contribution in [3.63, 3.8) is 0 Å². The molecule has 5 rings (SSSR count). The maximum absolute atomic E-state index is 13.6. The van der Waals surface area contributed by atoms with Crippen LogP contribution in [0.5, 0.6) is 0 Å². The fourth-order valence-electron chi connectivity index (χ4n) is 3.67. The molecule has 1 aliphatic rings. The van der Waals surface area contributed by atoms with Crippen LogP contribution in [0.25, 0.3) is 21.7 Å². The Labute approximate surface area is 178 Å². The number of aromatic nitrogens is 5. The zero-order valence-corrected chi connectivity index (χ0v) is 17.5.